The van der Waals surface area contributed by atoms with Crippen LogP contribution in [0.25, 0.3) is 11.0 Å². The third-order valence-electron chi connectivity index (χ3n) is 3.40. The SMILES string of the molecule is Cc1ccc2oc(C(=O)N3CC(C(=O)O)C3)cc2c1. The Balaban J connectivity index is 1.81. The summed E-state index contributed by atoms with van der Waals surface area (Å²) in [5.41, 5.74) is 1.77. The molecule has 3 rings (SSSR count). The highest BCUT2D eigenvalue weighted by Crippen LogP contribution is 2.24. The van der Waals surface area contributed by atoms with E-state index in [0.29, 0.717) is 5.58 Å². The van der Waals surface area contributed by atoms with Gasteiger partial charge in [0, 0.05) is 18.5 Å². The molecule has 2 aromatic rings. The van der Waals surface area contributed by atoms with Crippen LogP contribution in [0.3, 0.4) is 0 Å². The van der Waals surface area contributed by atoms with Gasteiger partial charge < -0.3 is 14.4 Å². The van der Waals surface area contributed by atoms with E-state index in [1.807, 2.05) is 25.1 Å². The molecule has 1 fully saturated rings. The Hall–Kier alpha value is -2.30. The van der Waals surface area contributed by atoms with Gasteiger partial charge in [0.15, 0.2) is 5.76 Å². The molecule has 0 aliphatic carbocycles. The Bertz CT molecular complexity index is 667. The van der Waals surface area contributed by atoms with Crippen molar-refractivity contribution in [3.63, 3.8) is 0 Å². The molecule has 19 heavy (non-hydrogen) atoms. The maximum absolute atomic E-state index is 12.1. The molecule has 0 spiro atoms. The number of carboxylic acids is 1. The van der Waals surface area contributed by atoms with Crippen LogP contribution in [-0.4, -0.2) is 35.0 Å². The number of hydrogen-bond donors (Lipinski definition) is 1. The van der Waals surface area contributed by atoms with Crippen molar-refractivity contribution in [2.75, 3.05) is 13.1 Å². The fourth-order valence-electron chi connectivity index (χ4n) is 2.22. The van der Waals surface area contributed by atoms with Gasteiger partial charge in [-0.3, -0.25) is 9.59 Å². The highest BCUT2D eigenvalue weighted by atomic mass is 16.4. The molecule has 0 unspecified atom stereocenters. The fourth-order valence-corrected chi connectivity index (χ4v) is 2.22. The second kappa shape index (κ2) is 4.12. The van der Waals surface area contributed by atoms with Gasteiger partial charge in [0.1, 0.15) is 5.58 Å². The molecule has 1 aromatic carbocycles. The molecule has 0 atom stereocenters. The van der Waals surface area contributed by atoms with E-state index >= 15 is 0 Å². The molecule has 1 aliphatic rings. The van der Waals surface area contributed by atoms with Crippen LogP contribution < -0.4 is 0 Å². The summed E-state index contributed by atoms with van der Waals surface area (Å²) < 4.78 is 5.50. The second-order valence-corrected chi connectivity index (χ2v) is 4.90. The first-order chi connectivity index (χ1) is 9.04. The predicted molar refractivity (Wildman–Crippen MR) is 68.0 cm³/mol. The number of fused-ring (bicyclic) bond motifs is 1. The Morgan fingerprint density at radius 3 is 2.74 bits per heavy atom. The Labute approximate surface area is 109 Å². The molecule has 1 amide bonds. The number of carbonyl (C=O) groups is 2. The lowest BCUT2D eigenvalue weighted by molar-refractivity contribution is -0.146. The number of likely N-dealkylation sites (tertiary alicyclic amines) is 1. The molecular weight excluding hydrogens is 246 g/mol. The van der Waals surface area contributed by atoms with Crippen molar-refractivity contribution in [2.45, 2.75) is 6.92 Å². The molecule has 1 aliphatic heterocycles. The van der Waals surface area contributed by atoms with E-state index in [1.54, 1.807) is 6.07 Å². The average molecular weight is 259 g/mol. The van der Waals surface area contributed by atoms with Gasteiger partial charge in [0.05, 0.1) is 5.92 Å². The Morgan fingerprint density at radius 2 is 2.05 bits per heavy atom. The Kier molecular flexibility index (Phi) is 2.55. The number of aliphatic carboxylic acids is 1. The number of amides is 1. The summed E-state index contributed by atoms with van der Waals surface area (Å²) in [6.45, 7) is 2.48. The van der Waals surface area contributed by atoms with Crippen LogP contribution in [-0.2, 0) is 4.79 Å². The number of aryl methyl sites for hydroxylation is 1. The molecular formula is C14H13NO4. The molecule has 5 nitrogen and oxygen atoms in total. The maximum Gasteiger partial charge on any atom is 0.310 e. The largest absolute Gasteiger partial charge is 0.481 e. The maximum atomic E-state index is 12.1. The van der Waals surface area contributed by atoms with Crippen molar-refractivity contribution in [1.82, 2.24) is 4.90 Å². The molecule has 0 saturated carbocycles. The van der Waals surface area contributed by atoms with E-state index in [2.05, 4.69) is 0 Å². The summed E-state index contributed by atoms with van der Waals surface area (Å²) in [4.78, 5) is 24.3. The van der Waals surface area contributed by atoms with Crippen molar-refractivity contribution >= 4 is 22.8 Å². The van der Waals surface area contributed by atoms with Gasteiger partial charge in [-0.05, 0) is 25.1 Å². The van der Waals surface area contributed by atoms with E-state index in [4.69, 9.17) is 9.52 Å². The lowest BCUT2D eigenvalue weighted by Gasteiger charge is -2.35. The number of nitrogens with zero attached hydrogens (tertiary/aromatic N) is 1. The molecule has 1 N–H and O–H groups in total. The quantitative estimate of drug-likeness (QED) is 0.894. The van der Waals surface area contributed by atoms with Crippen LogP contribution in [0.4, 0.5) is 0 Å². The topological polar surface area (TPSA) is 70.8 Å². The van der Waals surface area contributed by atoms with Gasteiger partial charge in [-0.1, -0.05) is 11.6 Å². The Morgan fingerprint density at radius 1 is 1.32 bits per heavy atom. The highest BCUT2D eigenvalue weighted by Gasteiger charge is 2.37. The summed E-state index contributed by atoms with van der Waals surface area (Å²) in [7, 11) is 0. The molecule has 1 aromatic heterocycles. The lowest BCUT2D eigenvalue weighted by atomic mass is 10.0. The zero-order chi connectivity index (χ0) is 13.6. The van der Waals surface area contributed by atoms with E-state index in [9.17, 15) is 9.59 Å². The van der Waals surface area contributed by atoms with Gasteiger partial charge in [-0.2, -0.15) is 0 Å². The number of benzene rings is 1. The summed E-state index contributed by atoms with van der Waals surface area (Å²) in [5.74, 6) is -1.28. The fraction of sp³-hybridized carbons (Fsp3) is 0.286. The minimum absolute atomic E-state index is 0.244. The van der Waals surface area contributed by atoms with Crippen molar-refractivity contribution in [3.8, 4) is 0 Å². The third kappa shape index (κ3) is 1.97. The van der Waals surface area contributed by atoms with Crippen molar-refractivity contribution in [1.29, 1.82) is 0 Å². The summed E-state index contributed by atoms with van der Waals surface area (Å²) in [5, 5.41) is 9.67. The minimum atomic E-state index is -0.857. The number of carbonyl (C=O) groups excluding carboxylic acids is 1. The molecule has 0 radical (unpaired) electrons. The van der Waals surface area contributed by atoms with Gasteiger partial charge in [-0.15, -0.1) is 0 Å². The molecule has 5 heteroatoms. The third-order valence-corrected chi connectivity index (χ3v) is 3.40. The average Bonchev–Trinajstić information content (AvgIpc) is 2.68. The first-order valence-electron chi connectivity index (χ1n) is 6.07. The summed E-state index contributed by atoms with van der Waals surface area (Å²) >= 11 is 0. The molecule has 1 saturated heterocycles. The lowest BCUT2D eigenvalue weighted by Crippen LogP contribution is -2.52. The standard InChI is InChI=1S/C14H13NO4/c1-8-2-3-11-9(4-8)5-12(19-11)13(16)15-6-10(7-15)14(17)18/h2-5,10H,6-7H2,1H3,(H,17,18). The van der Waals surface area contributed by atoms with Crippen molar-refractivity contribution in [3.05, 3.63) is 35.6 Å². The van der Waals surface area contributed by atoms with Crippen LogP contribution in [0.5, 0.6) is 0 Å². The van der Waals surface area contributed by atoms with Crippen LogP contribution >= 0.6 is 0 Å². The highest BCUT2D eigenvalue weighted by molar-refractivity contribution is 5.97. The number of hydrogen-bond acceptors (Lipinski definition) is 3. The number of carboxylic acid groups (broad SMARTS) is 1. The van der Waals surface area contributed by atoms with Gasteiger partial charge in [0.2, 0.25) is 0 Å². The van der Waals surface area contributed by atoms with Crippen LogP contribution in [0.2, 0.25) is 0 Å². The zero-order valence-electron chi connectivity index (χ0n) is 10.4. The summed E-state index contributed by atoms with van der Waals surface area (Å²) in [6.07, 6.45) is 0. The predicted octanol–water partition coefficient (Wildman–Crippen LogP) is 1.90. The van der Waals surface area contributed by atoms with Crippen LogP contribution in [0.1, 0.15) is 16.1 Å². The second-order valence-electron chi connectivity index (χ2n) is 4.90. The van der Waals surface area contributed by atoms with Crippen LogP contribution in [0, 0.1) is 12.8 Å². The number of rotatable bonds is 2. The molecule has 0 bridgehead atoms. The first kappa shape index (κ1) is 11.8. The van der Waals surface area contributed by atoms with Crippen molar-refractivity contribution in [2.24, 2.45) is 5.92 Å². The van der Waals surface area contributed by atoms with Gasteiger partial charge in [-0.25, -0.2) is 0 Å². The first-order valence-corrected chi connectivity index (χ1v) is 6.07. The smallest absolute Gasteiger partial charge is 0.310 e. The van der Waals surface area contributed by atoms with E-state index in [1.165, 1.54) is 4.90 Å². The molecule has 98 valence electrons. The zero-order valence-corrected chi connectivity index (χ0v) is 10.4. The van der Waals surface area contributed by atoms with E-state index in [0.717, 1.165) is 10.9 Å². The molecule has 2 heterocycles. The minimum Gasteiger partial charge on any atom is -0.481 e. The van der Waals surface area contributed by atoms with Gasteiger partial charge >= 0.3 is 5.97 Å². The summed E-state index contributed by atoms with van der Waals surface area (Å²) in [6, 6.07) is 7.41. The normalized spacial score (nSPS) is 15.5. The van der Waals surface area contributed by atoms with Crippen LogP contribution in [0.15, 0.2) is 28.7 Å². The van der Waals surface area contributed by atoms with E-state index < -0.39 is 11.9 Å². The van der Waals surface area contributed by atoms with Crippen molar-refractivity contribution < 1.29 is 19.1 Å². The van der Waals surface area contributed by atoms with Gasteiger partial charge in [0.25, 0.3) is 5.91 Å². The monoisotopic (exact) mass is 259 g/mol. The van der Waals surface area contributed by atoms with E-state index in [-0.39, 0.29) is 24.8 Å². The number of furan rings is 1.